The summed E-state index contributed by atoms with van der Waals surface area (Å²) in [5.74, 6) is 0. The Hall–Kier alpha value is -3.30. The number of aryl methyl sites for hydroxylation is 2. The van der Waals surface area contributed by atoms with Crippen LogP contribution in [0.5, 0.6) is 0 Å². The Labute approximate surface area is 174 Å². The summed E-state index contributed by atoms with van der Waals surface area (Å²) >= 11 is 1.48. The summed E-state index contributed by atoms with van der Waals surface area (Å²) < 4.78 is 2.00. The highest BCUT2D eigenvalue weighted by atomic mass is 32.2. The number of rotatable bonds is 5. The third-order valence-corrected chi connectivity index (χ3v) is 5.48. The van der Waals surface area contributed by atoms with Gasteiger partial charge in [-0.05, 0) is 49.9 Å². The Balaban J connectivity index is 1.74. The number of thioether (sulfide) groups is 1. The molecule has 0 aliphatic rings. The fourth-order valence-corrected chi connectivity index (χ4v) is 4.01. The molecule has 5 nitrogen and oxygen atoms in total. The zero-order valence-electron chi connectivity index (χ0n) is 16.6. The van der Waals surface area contributed by atoms with Crippen LogP contribution in [0, 0.1) is 25.2 Å². The second-order valence-corrected chi connectivity index (χ2v) is 7.71. The fraction of sp³-hybridized carbons (Fsp3) is 0.174. The lowest BCUT2D eigenvalue weighted by Gasteiger charge is -2.15. The Morgan fingerprint density at radius 3 is 2.66 bits per heavy atom. The molecule has 2 heterocycles. The lowest BCUT2D eigenvalue weighted by atomic mass is 10.1. The van der Waals surface area contributed by atoms with Crippen LogP contribution in [-0.4, -0.2) is 21.0 Å². The highest BCUT2D eigenvalue weighted by Gasteiger charge is 2.15. The number of nitrogens with one attached hydrogen (secondary N) is 1. The molecule has 1 N–H and O–H groups in total. The predicted octanol–water partition coefficient (Wildman–Crippen LogP) is 5.43. The van der Waals surface area contributed by atoms with Crippen molar-refractivity contribution in [2.45, 2.75) is 25.4 Å². The second-order valence-electron chi connectivity index (χ2n) is 6.91. The van der Waals surface area contributed by atoms with E-state index < -0.39 is 0 Å². The molecule has 0 aliphatic carbocycles. The monoisotopic (exact) mass is 399 g/mol. The van der Waals surface area contributed by atoms with Gasteiger partial charge in [0.05, 0.1) is 23.4 Å². The molecule has 0 fully saturated rings. The van der Waals surface area contributed by atoms with Gasteiger partial charge in [0.15, 0.2) is 0 Å². The average Bonchev–Trinajstić information content (AvgIpc) is 3.04. The van der Waals surface area contributed by atoms with Gasteiger partial charge >= 0.3 is 0 Å². The minimum absolute atomic E-state index is 0.570. The van der Waals surface area contributed by atoms with E-state index in [1.165, 1.54) is 11.8 Å². The maximum atomic E-state index is 9.80. The average molecular weight is 400 g/mol. The fourth-order valence-electron chi connectivity index (χ4n) is 3.47. The molecule has 0 amide bonds. The van der Waals surface area contributed by atoms with Crippen LogP contribution in [0.25, 0.3) is 10.9 Å². The highest BCUT2D eigenvalue weighted by Crippen LogP contribution is 2.34. The van der Waals surface area contributed by atoms with E-state index in [1.807, 2.05) is 54.3 Å². The number of nitrogens with zero attached hydrogens (tertiary/aromatic N) is 4. The molecule has 0 spiro atoms. The highest BCUT2D eigenvalue weighted by molar-refractivity contribution is 7.98. The summed E-state index contributed by atoms with van der Waals surface area (Å²) in [6.45, 7) is 4.77. The van der Waals surface area contributed by atoms with E-state index in [0.29, 0.717) is 12.1 Å². The van der Waals surface area contributed by atoms with Crippen LogP contribution >= 0.6 is 11.8 Å². The van der Waals surface area contributed by atoms with Crippen molar-refractivity contribution in [3.8, 4) is 6.07 Å². The third kappa shape index (κ3) is 3.82. The van der Waals surface area contributed by atoms with Crippen LogP contribution in [0.1, 0.15) is 22.5 Å². The van der Waals surface area contributed by atoms with Crippen LogP contribution < -0.4 is 5.32 Å². The molecular formula is C23H21N5S. The van der Waals surface area contributed by atoms with Gasteiger partial charge in [0, 0.05) is 16.8 Å². The molecule has 0 saturated heterocycles. The lowest BCUT2D eigenvalue weighted by molar-refractivity contribution is 0.659. The van der Waals surface area contributed by atoms with Crippen molar-refractivity contribution in [2.75, 3.05) is 11.6 Å². The van der Waals surface area contributed by atoms with Crippen LogP contribution in [0.3, 0.4) is 0 Å². The smallest absolute Gasteiger partial charge is 0.116 e. The van der Waals surface area contributed by atoms with Gasteiger partial charge in [0.1, 0.15) is 16.7 Å². The second kappa shape index (κ2) is 7.98. The van der Waals surface area contributed by atoms with E-state index in [-0.39, 0.29) is 0 Å². The Morgan fingerprint density at radius 2 is 1.93 bits per heavy atom. The van der Waals surface area contributed by atoms with Gasteiger partial charge in [-0.25, -0.2) is 4.98 Å². The summed E-state index contributed by atoms with van der Waals surface area (Å²) in [6, 6.07) is 20.5. The first-order valence-corrected chi connectivity index (χ1v) is 10.6. The summed E-state index contributed by atoms with van der Waals surface area (Å²) in [5.41, 5.74) is 6.47. The zero-order valence-corrected chi connectivity index (χ0v) is 17.4. The predicted molar refractivity (Wildman–Crippen MR) is 119 cm³/mol. The molecule has 29 heavy (non-hydrogen) atoms. The summed E-state index contributed by atoms with van der Waals surface area (Å²) in [7, 11) is 0. The van der Waals surface area contributed by atoms with Crippen LogP contribution in [0.2, 0.25) is 0 Å². The Kier molecular flexibility index (Phi) is 5.24. The Morgan fingerprint density at radius 1 is 1.10 bits per heavy atom. The molecule has 0 atom stereocenters. The molecule has 4 aromatic rings. The quantitative estimate of drug-likeness (QED) is 0.453. The van der Waals surface area contributed by atoms with Gasteiger partial charge in [-0.2, -0.15) is 10.4 Å². The molecule has 0 aliphatic heterocycles. The lowest BCUT2D eigenvalue weighted by Crippen LogP contribution is -2.05. The number of benzene rings is 2. The molecule has 2 aromatic heterocycles. The number of para-hydroxylation sites is 1. The third-order valence-electron chi connectivity index (χ3n) is 4.80. The van der Waals surface area contributed by atoms with Gasteiger partial charge in [-0.1, -0.05) is 30.3 Å². The number of hydrogen-bond acceptors (Lipinski definition) is 5. The number of anilines is 2. The molecule has 2 aromatic carbocycles. The van der Waals surface area contributed by atoms with Gasteiger partial charge in [-0.3, -0.25) is 4.68 Å². The first kappa shape index (κ1) is 19.0. The minimum Gasteiger partial charge on any atom is -0.354 e. The van der Waals surface area contributed by atoms with Gasteiger partial charge in [0.2, 0.25) is 0 Å². The number of aromatic nitrogens is 3. The SMILES string of the molecule is CSc1nc2ccccc2c(Nc2cccc(Cn3nc(C)cc3C)c2)c1C#N. The molecule has 144 valence electrons. The minimum atomic E-state index is 0.570. The number of pyridine rings is 1. The topological polar surface area (TPSA) is 66.5 Å². The summed E-state index contributed by atoms with van der Waals surface area (Å²) in [4.78, 5) is 4.64. The molecule has 4 rings (SSSR count). The normalized spacial score (nSPS) is 10.8. The maximum Gasteiger partial charge on any atom is 0.116 e. The van der Waals surface area contributed by atoms with Crippen molar-refractivity contribution >= 4 is 34.0 Å². The molecular weight excluding hydrogens is 378 g/mol. The Bertz CT molecular complexity index is 1240. The summed E-state index contributed by atoms with van der Waals surface area (Å²) in [5, 5.41) is 19.5. The van der Waals surface area contributed by atoms with Gasteiger partial charge in [-0.15, -0.1) is 11.8 Å². The first-order chi connectivity index (χ1) is 14.1. The van der Waals surface area contributed by atoms with Crippen molar-refractivity contribution in [3.05, 3.63) is 77.1 Å². The number of fused-ring (bicyclic) bond motifs is 1. The molecule has 0 unspecified atom stereocenters. The van der Waals surface area contributed by atoms with E-state index in [0.717, 1.165) is 44.3 Å². The van der Waals surface area contributed by atoms with Crippen molar-refractivity contribution in [2.24, 2.45) is 0 Å². The molecule has 0 bridgehead atoms. The van der Waals surface area contributed by atoms with Crippen molar-refractivity contribution in [1.82, 2.24) is 14.8 Å². The molecule has 6 heteroatoms. The van der Waals surface area contributed by atoms with Crippen molar-refractivity contribution in [3.63, 3.8) is 0 Å². The van der Waals surface area contributed by atoms with Crippen molar-refractivity contribution in [1.29, 1.82) is 5.26 Å². The zero-order chi connectivity index (χ0) is 20.4. The van der Waals surface area contributed by atoms with Gasteiger partial charge < -0.3 is 5.32 Å². The van der Waals surface area contributed by atoms with Crippen LogP contribution in [0.15, 0.2) is 59.6 Å². The van der Waals surface area contributed by atoms with Crippen LogP contribution in [-0.2, 0) is 6.54 Å². The van der Waals surface area contributed by atoms with Crippen LogP contribution in [0.4, 0.5) is 11.4 Å². The summed E-state index contributed by atoms with van der Waals surface area (Å²) in [6.07, 6.45) is 1.94. The van der Waals surface area contributed by atoms with Crippen molar-refractivity contribution < 1.29 is 0 Å². The molecule has 0 radical (unpaired) electrons. The number of hydrogen-bond donors (Lipinski definition) is 1. The van der Waals surface area contributed by atoms with E-state index in [1.54, 1.807) is 0 Å². The number of nitriles is 1. The van der Waals surface area contributed by atoms with E-state index in [4.69, 9.17) is 0 Å². The van der Waals surface area contributed by atoms with Gasteiger partial charge in [0.25, 0.3) is 0 Å². The largest absolute Gasteiger partial charge is 0.354 e. The van der Waals surface area contributed by atoms with E-state index >= 15 is 0 Å². The standard InChI is InChI=1S/C23H21N5S/c1-15-11-16(2)28(27-15)14-17-7-6-8-18(12-17)25-22-19-9-4-5-10-21(19)26-23(29-3)20(22)13-24/h4-12H,14H2,1-3H3,(H,25,26). The maximum absolute atomic E-state index is 9.80. The van der Waals surface area contributed by atoms with E-state index in [9.17, 15) is 5.26 Å². The molecule has 0 saturated carbocycles. The van der Waals surface area contributed by atoms with E-state index in [2.05, 4.69) is 46.6 Å². The first-order valence-electron chi connectivity index (χ1n) is 9.33.